The van der Waals surface area contributed by atoms with Gasteiger partial charge in [-0.2, -0.15) is 18.2 Å². The molecule has 0 amide bonds. The molecule has 1 unspecified atom stereocenters. The van der Waals surface area contributed by atoms with Crippen molar-refractivity contribution in [3.63, 3.8) is 0 Å². The number of anilines is 1. The molecule has 11 nitrogen and oxygen atoms in total. The van der Waals surface area contributed by atoms with Crippen molar-refractivity contribution in [2.45, 2.75) is 44.2 Å². The van der Waals surface area contributed by atoms with Gasteiger partial charge in [-0.05, 0) is 42.7 Å². The fourth-order valence-corrected chi connectivity index (χ4v) is 3.56. The van der Waals surface area contributed by atoms with Gasteiger partial charge in [0, 0.05) is 31.5 Å². The van der Waals surface area contributed by atoms with E-state index in [0.717, 1.165) is 29.9 Å². The highest BCUT2D eigenvalue weighted by Crippen LogP contribution is 2.36. The highest BCUT2D eigenvalue weighted by atomic mass is 19.4. The highest BCUT2D eigenvalue weighted by Gasteiger charge is 2.38. The zero-order valence-electron chi connectivity index (χ0n) is 20.2. The van der Waals surface area contributed by atoms with Crippen LogP contribution in [0.5, 0.6) is 11.5 Å². The third-order valence-corrected chi connectivity index (χ3v) is 5.36. The van der Waals surface area contributed by atoms with E-state index in [1.165, 1.54) is 0 Å². The lowest BCUT2D eigenvalue weighted by molar-refractivity contribution is -0.192. The molecular weight excluding hydrogens is 513 g/mol. The molecule has 0 bridgehead atoms. The molecule has 1 atom stereocenters. The van der Waals surface area contributed by atoms with Gasteiger partial charge in [-0.15, -0.1) is 0 Å². The molecular formula is C24H25F3N4O7. The van der Waals surface area contributed by atoms with Crippen molar-refractivity contribution in [2.24, 2.45) is 0 Å². The first kappa shape index (κ1) is 28.2. The lowest BCUT2D eigenvalue weighted by Gasteiger charge is -2.13. The number of ether oxygens (including phenoxy) is 2. The third kappa shape index (κ3) is 8.35. The van der Waals surface area contributed by atoms with Crippen LogP contribution in [0.15, 0.2) is 40.9 Å². The number of pyridine rings is 1. The average molecular weight is 538 g/mol. The minimum Gasteiger partial charge on any atom is -0.481 e. The first-order valence-electron chi connectivity index (χ1n) is 11.4. The first-order valence-corrected chi connectivity index (χ1v) is 11.4. The van der Waals surface area contributed by atoms with Crippen LogP contribution >= 0.6 is 0 Å². The van der Waals surface area contributed by atoms with Crippen molar-refractivity contribution >= 4 is 17.8 Å². The summed E-state index contributed by atoms with van der Waals surface area (Å²) in [4.78, 5) is 29.3. The molecule has 4 rings (SSSR count). The number of hydrogen-bond acceptors (Lipinski definition) is 9. The van der Waals surface area contributed by atoms with Gasteiger partial charge in [0.15, 0.2) is 17.3 Å². The van der Waals surface area contributed by atoms with Gasteiger partial charge < -0.3 is 29.5 Å². The number of benzene rings is 1. The molecule has 0 aliphatic carbocycles. The normalized spacial score (nSPS) is 12.8. The third-order valence-electron chi connectivity index (χ3n) is 5.36. The first-order chi connectivity index (χ1) is 18.0. The van der Waals surface area contributed by atoms with Crippen LogP contribution in [0.25, 0.3) is 0 Å². The van der Waals surface area contributed by atoms with Crippen LogP contribution in [0.1, 0.15) is 41.7 Å². The van der Waals surface area contributed by atoms with Crippen LogP contribution in [-0.2, 0) is 28.9 Å². The molecule has 1 aromatic carbocycles. The second-order valence-corrected chi connectivity index (χ2v) is 8.14. The lowest BCUT2D eigenvalue weighted by atomic mass is 9.92. The number of rotatable bonds is 10. The van der Waals surface area contributed by atoms with Gasteiger partial charge in [-0.3, -0.25) is 4.79 Å². The van der Waals surface area contributed by atoms with E-state index in [2.05, 4.69) is 20.4 Å². The Morgan fingerprint density at radius 2 is 1.82 bits per heavy atom. The topological polar surface area (TPSA) is 157 Å². The zero-order chi connectivity index (χ0) is 27.7. The lowest BCUT2D eigenvalue weighted by Crippen LogP contribution is -2.21. The number of hydrogen-bond donors (Lipinski definition) is 3. The molecule has 3 aromatic rings. The highest BCUT2D eigenvalue weighted by molar-refractivity contribution is 5.73. The van der Waals surface area contributed by atoms with Crippen molar-refractivity contribution in [2.75, 3.05) is 19.2 Å². The average Bonchev–Trinajstić information content (AvgIpc) is 3.52. The van der Waals surface area contributed by atoms with Crippen LogP contribution in [-0.4, -0.2) is 57.3 Å². The SMILES string of the molecule is CNc1cccc(CCCc2noc(CC(CC(=O)O)c3ccc4c(c3)OCO4)n2)n1.O=C(O)C(F)(F)F. The number of carboxylic acids is 2. The number of halogens is 3. The van der Waals surface area contributed by atoms with E-state index in [-0.39, 0.29) is 19.1 Å². The van der Waals surface area contributed by atoms with E-state index in [4.69, 9.17) is 23.9 Å². The molecule has 2 aromatic heterocycles. The predicted octanol–water partition coefficient (Wildman–Crippen LogP) is 3.84. The van der Waals surface area contributed by atoms with Gasteiger partial charge >= 0.3 is 18.1 Å². The number of nitrogens with zero attached hydrogens (tertiary/aromatic N) is 3. The van der Waals surface area contributed by atoms with Gasteiger partial charge in [-0.1, -0.05) is 17.3 Å². The number of alkyl halides is 3. The maximum atomic E-state index is 11.4. The molecule has 204 valence electrons. The van der Waals surface area contributed by atoms with Gasteiger partial charge in [0.2, 0.25) is 12.7 Å². The van der Waals surface area contributed by atoms with Crippen molar-refractivity contribution in [3.05, 3.63) is 59.4 Å². The molecule has 3 N–H and O–H groups in total. The fraction of sp³-hybridized carbons (Fsp3) is 0.375. The Labute approximate surface area is 214 Å². The summed E-state index contributed by atoms with van der Waals surface area (Å²) in [6, 6.07) is 11.3. The van der Waals surface area contributed by atoms with Crippen molar-refractivity contribution < 1.29 is 47.0 Å². The number of aliphatic carboxylic acids is 2. The Balaban J connectivity index is 0.000000505. The van der Waals surface area contributed by atoms with Gasteiger partial charge in [0.25, 0.3) is 0 Å². The monoisotopic (exact) mass is 538 g/mol. The summed E-state index contributed by atoms with van der Waals surface area (Å²) in [5.41, 5.74) is 1.83. The summed E-state index contributed by atoms with van der Waals surface area (Å²) >= 11 is 0. The second kappa shape index (κ2) is 12.7. The number of carbonyl (C=O) groups is 2. The predicted molar refractivity (Wildman–Crippen MR) is 125 cm³/mol. The van der Waals surface area contributed by atoms with Crippen LogP contribution in [0, 0.1) is 0 Å². The van der Waals surface area contributed by atoms with E-state index in [1.807, 2.05) is 37.4 Å². The number of aryl methyl sites for hydroxylation is 2. The van der Waals surface area contributed by atoms with Crippen molar-refractivity contribution in [1.82, 2.24) is 15.1 Å². The largest absolute Gasteiger partial charge is 0.490 e. The summed E-state index contributed by atoms with van der Waals surface area (Å²) in [7, 11) is 1.84. The van der Waals surface area contributed by atoms with E-state index in [9.17, 15) is 23.1 Å². The molecule has 0 saturated carbocycles. The number of carboxylic acid groups (broad SMARTS) is 2. The quantitative estimate of drug-likeness (QED) is 0.344. The van der Waals surface area contributed by atoms with Crippen LogP contribution in [0.4, 0.5) is 19.0 Å². The van der Waals surface area contributed by atoms with E-state index in [0.29, 0.717) is 36.1 Å². The Morgan fingerprint density at radius 3 is 2.50 bits per heavy atom. The molecule has 1 aliphatic rings. The van der Waals surface area contributed by atoms with E-state index < -0.39 is 18.1 Å². The maximum Gasteiger partial charge on any atom is 0.490 e. The van der Waals surface area contributed by atoms with Crippen LogP contribution in [0.2, 0.25) is 0 Å². The van der Waals surface area contributed by atoms with Crippen LogP contribution < -0.4 is 14.8 Å². The molecule has 38 heavy (non-hydrogen) atoms. The molecule has 0 fully saturated rings. The molecule has 0 saturated heterocycles. The second-order valence-electron chi connectivity index (χ2n) is 8.14. The molecule has 3 heterocycles. The maximum absolute atomic E-state index is 11.4. The van der Waals surface area contributed by atoms with Gasteiger partial charge in [0.1, 0.15) is 5.82 Å². The minimum absolute atomic E-state index is 0.0508. The summed E-state index contributed by atoms with van der Waals surface area (Å²) in [5, 5.41) is 23.6. The molecule has 0 radical (unpaired) electrons. The Morgan fingerprint density at radius 1 is 1.08 bits per heavy atom. The number of aromatic nitrogens is 3. The molecule has 1 aliphatic heterocycles. The zero-order valence-corrected chi connectivity index (χ0v) is 20.2. The van der Waals surface area contributed by atoms with Gasteiger partial charge in [0.05, 0.1) is 6.42 Å². The summed E-state index contributed by atoms with van der Waals surface area (Å²) in [5.74, 6) is -0.802. The standard InChI is InChI=1S/C22H24N4O5.C2HF3O2/c1-23-19-6-2-4-16(24-19)5-3-7-20-25-21(31-26-20)11-15(12-22(27)28)14-8-9-17-18(10-14)30-13-29-17;3-2(4,5)1(6)7/h2,4,6,8-10,15H,3,5,7,11-13H2,1H3,(H,23,24)(H,27,28);(H,6,7). The number of nitrogens with one attached hydrogen (secondary N) is 1. The number of fused-ring (bicyclic) bond motifs is 1. The summed E-state index contributed by atoms with van der Waals surface area (Å²) in [6.07, 6.45) is -2.50. The fourth-order valence-electron chi connectivity index (χ4n) is 3.56. The van der Waals surface area contributed by atoms with Gasteiger partial charge in [-0.25, -0.2) is 9.78 Å². The van der Waals surface area contributed by atoms with E-state index >= 15 is 0 Å². The molecule has 14 heteroatoms. The Bertz CT molecular complexity index is 1250. The smallest absolute Gasteiger partial charge is 0.481 e. The summed E-state index contributed by atoms with van der Waals surface area (Å²) < 4.78 is 47.9. The minimum atomic E-state index is -5.08. The van der Waals surface area contributed by atoms with E-state index in [1.54, 1.807) is 6.07 Å². The van der Waals surface area contributed by atoms with Crippen molar-refractivity contribution in [1.29, 1.82) is 0 Å². The van der Waals surface area contributed by atoms with Crippen molar-refractivity contribution in [3.8, 4) is 11.5 Å². The molecule has 0 spiro atoms. The Kier molecular flexibility index (Phi) is 9.46. The summed E-state index contributed by atoms with van der Waals surface area (Å²) in [6.45, 7) is 0.171. The Hall–Kier alpha value is -4.36. The van der Waals surface area contributed by atoms with Crippen LogP contribution in [0.3, 0.4) is 0 Å².